The summed E-state index contributed by atoms with van der Waals surface area (Å²) in [6, 6.07) is 87.1. The number of rotatable bonds is 8. The molecule has 0 bridgehead atoms. The van der Waals surface area contributed by atoms with Crippen molar-refractivity contribution in [1.82, 2.24) is 4.57 Å². The van der Waals surface area contributed by atoms with E-state index in [2.05, 4.69) is 246 Å². The maximum Gasteiger partial charge on any atom is 0.136 e. The molecule has 0 saturated heterocycles. The molecule has 0 radical (unpaired) electrons. The molecular weight excluding hydrogens is 765 g/mol. The van der Waals surface area contributed by atoms with Crippen molar-refractivity contribution < 1.29 is 4.42 Å². The maximum atomic E-state index is 6.43. The number of hydrogen-bond donors (Lipinski definition) is 0. The van der Waals surface area contributed by atoms with Gasteiger partial charge in [-0.25, -0.2) is 0 Å². The van der Waals surface area contributed by atoms with Gasteiger partial charge >= 0.3 is 0 Å². The van der Waals surface area contributed by atoms with Crippen LogP contribution in [0.1, 0.15) is 0 Å². The quantitative estimate of drug-likeness (QED) is 0.153. The van der Waals surface area contributed by atoms with Crippen molar-refractivity contribution in [2.75, 3.05) is 4.90 Å². The number of benzene rings is 10. The predicted molar refractivity (Wildman–Crippen MR) is 264 cm³/mol. The van der Waals surface area contributed by atoms with Crippen LogP contribution < -0.4 is 4.90 Å². The van der Waals surface area contributed by atoms with Crippen molar-refractivity contribution in [3.8, 4) is 50.2 Å². The Morgan fingerprint density at radius 2 is 0.841 bits per heavy atom. The van der Waals surface area contributed by atoms with E-state index in [-0.39, 0.29) is 0 Å². The molecule has 0 N–H and O–H groups in total. The fraction of sp³-hybridized carbons (Fsp3) is 0. The van der Waals surface area contributed by atoms with Gasteiger partial charge in [0.05, 0.1) is 28.1 Å². The van der Waals surface area contributed by atoms with Crippen LogP contribution in [0.2, 0.25) is 0 Å². The van der Waals surface area contributed by atoms with Crippen LogP contribution in [0.4, 0.5) is 17.1 Å². The molecule has 0 unspecified atom stereocenters. The highest BCUT2D eigenvalue weighted by atomic mass is 16.3. The summed E-state index contributed by atoms with van der Waals surface area (Å²) in [6.45, 7) is 0. The number of anilines is 3. The summed E-state index contributed by atoms with van der Waals surface area (Å²) >= 11 is 0. The Hall–Kier alpha value is -8.40. The van der Waals surface area contributed by atoms with Gasteiger partial charge in [0.1, 0.15) is 11.2 Å². The fourth-order valence-corrected chi connectivity index (χ4v) is 9.60. The minimum Gasteiger partial charge on any atom is -0.456 e. The van der Waals surface area contributed by atoms with Gasteiger partial charge in [-0.3, -0.25) is 0 Å². The summed E-state index contributed by atoms with van der Waals surface area (Å²) in [7, 11) is 0. The molecule has 12 aromatic rings. The normalized spacial score (nSPS) is 11.5. The molecule has 296 valence electrons. The summed E-state index contributed by atoms with van der Waals surface area (Å²) in [5.74, 6) is 0. The summed E-state index contributed by atoms with van der Waals surface area (Å²) in [6.07, 6.45) is 0. The van der Waals surface area contributed by atoms with Crippen LogP contribution >= 0.6 is 0 Å². The first-order valence-corrected chi connectivity index (χ1v) is 21.5. The molecule has 0 aliphatic heterocycles. The number of hydrogen-bond acceptors (Lipinski definition) is 2. The van der Waals surface area contributed by atoms with Gasteiger partial charge in [0.25, 0.3) is 0 Å². The van der Waals surface area contributed by atoms with E-state index in [9.17, 15) is 0 Å². The van der Waals surface area contributed by atoms with Crippen LogP contribution in [-0.2, 0) is 0 Å². The zero-order chi connectivity index (χ0) is 41.7. The molecule has 2 aromatic heterocycles. The first-order chi connectivity index (χ1) is 31.3. The van der Waals surface area contributed by atoms with Crippen molar-refractivity contribution in [3.05, 3.63) is 243 Å². The van der Waals surface area contributed by atoms with Crippen LogP contribution in [-0.4, -0.2) is 4.57 Å². The molecule has 0 fully saturated rings. The SMILES string of the molecule is c1ccc(-c2cccc(-c3ccccc3N(c3ccc(-c4ccccc4-n4c5ccccc5c5ccccc54)cc3)c3ccccc3-c3cccc4oc5ccccc5c34)c2)cc1. The second kappa shape index (κ2) is 15.3. The number of para-hydroxylation sites is 6. The number of furan rings is 1. The van der Waals surface area contributed by atoms with Crippen LogP contribution in [0.5, 0.6) is 0 Å². The smallest absolute Gasteiger partial charge is 0.136 e. The minimum atomic E-state index is 0.874. The van der Waals surface area contributed by atoms with Crippen LogP contribution in [0.25, 0.3) is 93.9 Å². The Morgan fingerprint density at radius 3 is 1.60 bits per heavy atom. The molecule has 0 aliphatic rings. The van der Waals surface area contributed by atoms with Gasteiger partial charge in [0, 0.05) is 43.9 Å². The van der Waals surface area contributed by atoms with Gasteiger partial charge in [0.15, 0.2) is 0 Å². The first-order valence-electron chi connectivity index (χ1n) is 21.5. The highest BCUT2D eigenvalue weighted by molar-refractivity contribution is 6.14. The van der Waals surface area contributed by atoms with Crippen molar-refractivity contribution in [2.24, 2.45) is 0 Å². The largest absolute Gasteiger partial charge is 0.456 e. The highest BCUT2D eigenvalue weighted by Crippen LogP contribution is 2.48. The Balaban J connectivity index is 1.05. The average Bonchev–Trinajstić information content (AvgIpc) is 3.91. The Morgan fingerprint density at radius 1 is 0.317 bits per heavy atom. The Labute approximate surface area is 366 Å². The molecular formula is C60H40N2O. The molecule has 0 spiro atoms. The van der Waals surface area contributed by atoms with Crippen LogP contribution in [0.15, 0.2) is 247 Å². The number of aromatic nitrogens is 1. The predicted octanol–water partition coefficient (Wildman–Crippen LogP) is 16.8. The lowest BCUT2D eigenvalue weighted by atomic mass is 9.95. The number of fused-ring (bicyclic) bond motifs is 6. The highest BCUT2D eigenvalue weighted by Gasteiger charge is 2.23. The van der Waals surface area contributed by atoms with E-state index in [1.165, 1.54) is 38.5 Å². The molecule has 0 atom stereocenters. The van der Waals surface area contributed by atoms with Crippen molar-refractivity contribution in [2.45, 2.75) is 0 Å². The molecule has 12 rings (SSSR count). The second-order valence-corrected chi connectivity index (χ2v) is 16.0. The number of nitrogens with zero attached hydrogens (tertiary/aromatic N) is 2. The summed E-state index contributed by atoms with van der Waals surface area (Å²) in [5.41, 5.74) is 17.7. The molecule has 0 saturated carbocycles. The van der Waals surface area contributed by atoms with Crippen LogP contribution in [0, 0.1) is 0 Å². The van der Waals surface area contributed by atoms with E-state index < -0.39 is 0 Å². The fourth-order valence-electron chi connectivity index (χ4n) is 9.60. The molecule has 2 heterocycles. The van der Waals surface area contributed by atoms with Crippen molar-refractivity contribution in [3.63, 3.8) is 0 Å². The Bertz CT molecular complexity index is 3580. The first kappa shape index (κ1) is 36.5. The van der Waals surface area contributed by atoms with E-state index in [1.807, 2.05) is 6.07 Å². The maximum absolute atomic E-state index is 6.43. The van der Waals surface area contributed by atoms with E-state index in [1.54, 1.807) is 0 Å². The van der Waals surface area contributed by atoms with E-state index in [0.29, 0.717) is 0 Å². The van der Waals surface area contributed by atoms with Gasteiger partial charge in [-0.05, 0) is 88.5 Å². The molecule has 3 heteroatoms. The summed E-state index contributed by atoms with van der Waals surface area (Å²) in [4.78, 5) is 2.43. The minimum absolute atomic E-state index is 0.874. The van der Waals surface area contributed by atoms with Gasteiger partial charge in [-0.1, -0.05) is 182 Å². The van der Waals surface area contributed by atoms with E-state index >= 15 is 0 Å². The third-order valence-electron chi connectivity index (χ3n) is 12.4. The lowest BCUT2D eigenvalue weighted by molar-refractivity contribution is 0.669. The van der Waals surface area contributed by atoms with Gasteiger partial charge in [-0.15, -0.1) is 0 Å². The molecule has 3 nitrogen and oxygen atoms in total. The third-order valence-corrected chi connectivity index (χ3v) is 12.4. The lowest BCUT2D eigenvalue weighted by Crippen LogP contribution is -2.12. The monoisotopic (exact) mass is 804 g/mol. The average molecular weight is 805 g/mol. The van der Waals surface area contributed by atoms with Crippen molar-refractivity contribution >= 4 is 60.8 Å². The molecule has 63 heavy (non-hydrogen) atoms. The molecule has 0 amide bonds. The van der Waals surface area contributed by atoms with Gasteiger partial charge < -0.3 is 13.9 Å². The topological polar surface area (TPSA) is 21.3 Å². The van der Waals surface area contributed by atoms with Crippen molar-refractivity contribution in [1.29, 1.82) is 0 Å². The second-order valence-electron chi connectivity index (χ2n) is 16.0. The summed E-state index contributed by atoms with van der Waals surface area (Å²) in [5, 5.41) is 4.72. The third kappa shape index (κ3) is 6.21. The van der Waals surface area contributed by atoms with Gasteiger partial charge in [0.2, 0.25) is 0 Å². The van der Waals surface area contributed by atoms with E-state index in [0.717, 1.165) is 72.5 Å². The molecule has 0 aliphatic carbocycles. The van der Waals surface area contributed by atoms with Gasteiger partial charge in [-0.2, -0.15) is 0 Å². The van der Waals surface area contributed by atoms with Crippen LogP contribution in [0.3, 0.4) is 0 Å². The zero-order valence-electron chi connectivity index (χ0n) is 34.4. The Kier molecular flexibility index (Phi) is 8.83. The standard InChI is InChI=1S/C60H40N2O/c1-2-18-41(19-3-1)43-20-16-21-44(40-43)47-23-5-10-29-53(47)61(55-31-12-8-26-50(55)51-28-17-35-59-60(51)52-27-9-15-34-58(52)63-59)45-38-36-42(37-39-45)46-22-4-11-30-54(46)62-56-32-13-6-24-48(56)49-25-7-14-33-57(49)62/h1-40H. The molecule has 10 aromatic carbocycles. The van der Waals surface area contributed by atoms with E-state index in [4.69, 9.17) is 4.42 Å². The lowest BCUT2D eigenvalue weighted by Gasteiger charge is -2.30. The zero-order valence-corrected chi connectivity index (χ0v) is 34.4. The summed E-state index contributed by atoms with van der Waals surface area (Å²) < 4.78 is 8.85.